The lowest BCUT2D eigenvalue weighted by molar-refractivity contribution is 1.17. The van der Waals surface area contributed by atoms with Crippen LogP contribution in [-0.4, -0.2) is 14.5 Å². The Morgan fingerprint density at radius 2 is 0.872 bits per heavy atom. The van der Waals surface area contributed by atoms with Gasteiger partial charge in [-0.25, -0.2) is 9.97 Å². The molecule has 0 unspecified atom stereocenters. The second-order valence-corrected chi connectivity index (χ2v) is 12.2. The number of para-hydroxylation sites is 2. The van der Waals surface area contributed by atoms with Gasteiger partial charge in [0.25, 0.3) is 0 Å². The summed E-state index contributed by atoms with van der Waals surface area (Å²) in [5.41, 5.74) is 13.6. The zero-order chi connectivity index (χ0) is 30.9. The molecule has 218 valence electrons. The maximum Gasteiger partial charge on any atom is 0.161 e. The van der Waals surface area contributed by atoms with Crippen molar-refractivity contribution in [3.05, 3.63) is 164 Å². The quantitative estimate of drug-likeness (QED) is 0.202. The predicted molar refractivity (Wildman–Crippen MR) is 195 cm³/mol. The molecule has 3 nitrogen and oxygen atoms in total. The van der Waals surface area contributed by atoms with Gasteiger partial charge in [0.1, 0.15) is 0 Å². The molecule has 1 aliphatic rings. The van der Waals surface area contributed by atoms with Crippen LogP contribution in [0.4, 0.5) is 0 Å². The molecule has 7 aromatic carbocycles. The lowest BCUT2D eigenvalue weighted by Gasteiger charge is -2.13. The summed E-state index contributed by atoms with van der Waals surface area (Å²) in [6.07, 6.45) is 0. The Hall–Kier alpha value is -6.32. The minimum Gasteiger partial charge on any atom is -0.309 e. The van der Waals surface area contributed by atoms with E-state index in [0.717, 1.165) is 39.6 Å². The minimum atomic E-state index is 0.729. The lowest BCUT2D eigenvalue weighted by Crippen LogP contribution is -1.97. The molecule has 2 aromatic heterocycles. The maximum atomic E-state index is 5.25. The third-order valence-corrected chi connectivity index (χ3v) is 9.59. The molecule has 9 aromatic rings. The lowest BCUT2D eigenvalue weighted by atomic mass is 9.97. The summed E-state index contributed by atoms with van der Waals surface area (Å²) >= 11 is 0. The second kappa shape index (κ2) is 10.1. The highest BCUT2D eigenvalue weighted by Gasteiger charge is 2.23. The molecule has 0 spiro atoms. The number of hydrogen-bond acceptors (Lipinski definition) is 2. The third-order valence-electron chi connectivity index (χ3n) is 9.59. The fourth-order valence-corrected chi connectivity index (χ4v) is 7.46. The summed E-state index contributed by atoms with van der Waals surface area (Å²) in [4.78, 5) is 10.4. The second-order valence-electron chi connectivity index (χ2n) is 12.2. The van der Waals surface area contributed by atoms with Crippen molar-refractivity contribution in [2.24, 2.45) is 0 Å². The monoisotopic (exact) mass is 597 g/mol. The molecule has 0 radical (unpaired) electrons. The average molecular weight is 598 g/mol. The molecule has 0 saturated carbocycles. The molecular formula is C44H27N3. The van der Waals surface area contributed by atoms with Crippen LogP contribution < -0.4 is 0 Å². The first kappa shape index (κ1) is 26.0. The topological polar surface area (TPSA) is 30.7 Å². The highest BCUT2D eigenvalue weighted by molar-refractivity contribution is 6.18. The predicted octanol–water partition coefficient (Wildman–Crippen LogP) is 11.4. The molecular weight excluding hydrogens is 571 g/mol. The Balaban J connectivity index is 1.15. The summed E-state index contributed by atoms with van der Waals surface area (Å²) in [5, 5.41) is 4.97. The van der Waals surface area contributed by atoms with Crippen LogP contribution in [0, 0.1) is 0 Å². The summed E-state index contributed by atoms with van der Waals surface area (Å²) in [6, 6.07) is 58.2. The van der Waals surface area contributed by atoms with Crippen LogP contribution in [0.3, 0.4) is 0 Å². The molecule has 0 atom stereocenters. The fourth-order valence-electron chi connectivity index (χ4n) is 7.46. The Labute approximate surface area is 272 Å². The van der Waals surface area contributed by atoms with Gasteiger partial charge in [-0.3, -0.25) is 0 Å². The van der Waals surface area contributed by atoms with Crippen molar-refractivity contribution < 1.29 is 0 Å². The highest BCUT2D eigenvalue weighted by atomic mass is 15.0. The number of nitrogens with zero attached hydrogens (tertiary/aromatic N) is 3. The van der Waals surface area contributed by atoms with E-state index in [1.54, 1.807) is 0 Å². The average Bonchev–Trinajstić information content (AvgIpc) is 3.66. The molecule has 3 heteroatoms. The SMILES string of the molecule is c1ccc(-c2cc(-c3ccc(-n4c5ccccc5c5ccccc54)cc3)nc(-c3ccc4c5c(cccc35)-c3ccccc3-4)n2)cc1. The molecule has 0 bridgehead atoms. The van der Waals surface area contributed by atoms with Gasteiger partial charge in [-0.15, -0.1) is 0 Å². The van der Waals surface area contributed by atoms with Crippen LogP contribution in [-0.2, 0) is 0 Å². The fraction of sp³-hybridized carbons (Fsp3) is 0. The number of aromatic nitrogens is 3. The molecule has 0 saturated heterocycles. The van der Waals surface area contributed by atoms with E-state index in [1.165, 1.54) is 54.8 Å². The smallest absolute Gasteiger partial charge is 0.161 e. The van der Waals surface area contributed by atoms with E-state index in [-0.39, 0.29) is 0 Å². The Morgan fingerprint density at radius 1 is 0.362 bits per heavy atom. The molecule has 0 fully saturated rings. The van der Waals surface area contributed by atoms with E-state index >= 15 is 0 Å². The van der Waals surface area contributed by atoms with Gasteiger partial charge in [0.15, 0.2) is 5.82 Å². The molecule has 0 aliphatic heterocycles. The molecule has 2 heterocycles. The highest BCUT2D eigenvalue weighted by Crippen LogP contribution is 2.49. The van der Waals surface area contributed by atoms with Crippen molar-refractivity contribution in [2.45, 2.75) is 0 Å². The summed E-state index contributed by atoms with van der Waals surface area (Å²) in [6.45, 7) is 0. The first-order valence-electron chi connectivity index (χ1n) is 16.0. The van der Waals surface area contributed by atoms with Gasteiger partial charge in [0.2, 0.25) is 0 Å². The van der Waals surface area contributed by atoms with Gasteiger partial charge in [-0.2, -0.15) is 0 Å². The van der Waals surface area contributed by atoms with E-state index < -0.39 is 0 Å². The van der Waals surface area contributed by atoms with Crippen molar-refractivity contribution >= 4 is 32.6 Å². The van der Waals surface area contributed by atoms with E-state index in [1.807, 2.05) is 6.07 Å². The van der Waals surface area contributed by atoms with Crippen molar-refractivity contribution in [1.29, 1.82) is 0 Å². The van der Waals surface area contributed by atoms with Gasteiger partial charge >= 0.3 is 0 Å². The van der Waals surface area contributed by atoms with Gasteiger partial charge in [0.05, 0.1) is 22.4 Å². The minimum absolute atomic E-state index is 0.729. The van der Waals surface area contributed by atoms with E-state index in [0.29, 0.717) is 0 Å². The van der Waals surface area contributed by atoms with Crippen LogP contribution >= 0.6 is 0 Å². The van der Waals surface area contributed by atoms with Crippen LogP contribution in [0.15, 0.2) is 164 Å². The largest absolute Gasteiger partial charge is 0.309 e. The normalized spacial score (nSPS) is 11.8. The summed E-state index contributed by atoms with van der Waals surface area (Å²) in [5.74, 6) is 0.729. The number of fused-ring (bicyclic) bond motifs is 6. The van der Waals surface area contributed by atoms with E-state index in [2.05, 4.69) is 162 Å². The molecule has 47 heavy (non-hydrogen) atoms. The van der Waals surface area contributed by atoms with Crippen LogP contribution in [0.5, 0.6) is 0 Å². The molecule has 0 amide bonds. The van der Waals surface area contributed by atoms with Gasteiger partial charge in [-0.1, -0.05) is 127 Å². The van der Waals surface area contributed by atoms with Gasteiger partial charge < -0.3 is 4.57 Å². The first-order valence-corrected chi connectivity index (χ1v) is 16.0. The van der Waals surface area contributed by atoms with Crippen molar-refractivity contribution in [1.82, 2.24) is 14.5 Å². The van der Waals surface area contributed by atoms with E-state index in [9.17, 15) is 0 Å². The molecule has 10 rings (SSSR count). The Morgan fingerprint density at radius 3 is 1.55 bits per heavy atom. The van der Waals surface area contributed by atoms with Crippen molar-refractivity contribution in [3.8, 4) is 61.8 Å². The first-order chi connectivity index (χ1) is 23.3. The van der Waals surface area contributed by atoms with Crippen molar-refractivity contribution in [2.75, 3.05) is 0 Å². The van der Waals surface area contributed by atoms with Crippen LogP contribution in [0.2, 0.25) is 0 Å². The zero-order valence-corrected chi connectivity index (χ0v) is 25.4. The van der Waals surface area contributed by atoms with Crippen molar-refractivity contribution in [3.63, 3.8) is 0 Å². The summed E-state index contributed by atoms with van der Waals surface area (Å²) in [7, 11) is 0. The van der Waals surface area contributed by atoms with Gasteiger partial charge in [-0.05, 0) is 69.4 Å². The van der Waals surface area contributed by atoms with Gasteiger partial charge in [0, 0.05) is 33.2 Å². The van der Waals surface area contributed by atoms with E-state index in [4.69, 9.17) is 9.97 Å². The Bertz CT molecular complexity index is 2580. The standard InChI is InChI=1S/C44H27N3/c1-2-11-28(12-3-1)39-27-40(29-21-23-30(24-22-29)47-41-19-8-6-15-33(41)34-16-7-9-20-42(34)47)46-44(45-39)38-26-25-37-32-14-5-4-13-31(32)35-17-10-18-36(38)43(35)37/h1-27H. The number of benzene rings is 7. The number of rotatable bonds is 4. The molecule has 1 aliphatic carbocycles. The Kier molecular flexibility index (Phi) is 5.57. The van der Waals surface area contributed by atoms with Crippen LogP contribution in [0.1, 0.15) is 0 Å². The zero-order valence-electron chi connectivity index (χ0n) is 25.4. The maximum absolute atomic E-state index is 5.25. The molecule has 0 N–H and O–H groups in total. The third kappa shape index (κ3) is 3.93. The summed E-state index contributed by atoms with van der Waals surface area (Å²) < 4.78 is 2.35. The number of hydrogen-bond donors (Lipinski definition) is 0. The van der Waals surface area contributed by atoms with Crippen LogP contribution in [0.25, 0.3) is 94.4 Å².